The summed E-state index contributed by atoms with van der Waals surface area (Å²) in [7, 11) is 1.54. The van der Waals surface area contributed by atoms with Gasteiger partial charge in [0.25, 0.3) is 0 Å². The molecule has 0 aliphatic carbocycles. The Morgan fingerprint density at radius 2 is 1.94 bits per heavy atom. The molecular formula is C13H14BrN3O. The molecule has 18 heavy (non-hydrogen) atoms. The van der Waals surface area contributed by atoms with Gasteiger partial charge in [-0.3, -0.25) is 0 Å². The molecule has 0 spiro atoms. The van der Waals surface area contributed by atoms with Gasteiger partial charge in [-0.1, -0.05) is 28.1 Å². The Hall–Kier alpha value is -1.46. The molecule has 0 amide bonds. The number of methoxy groups -OCH3 is 1. The Morgan fingerprint density at radius 1 is 1.28 bits per heavy atom. The van der Waals surface area contributed by atoms with Gasteiger partial charge in [0.1, 0.15) is 0 Å². The number of ether oxygens (including phenoxy) is 1. The van der Waals surface area contributed by atoms with Crippen LogP contribution in [0, 0.1) is 6.92 Å². The largest absolute Gasteiger partial charge is 0.467 e. The molecule has 0 fully saturated rings. The maximum atomic E-state index is 6.24. The van der Waals surface area contributed by atoms with Crippen molar-refractivity contribution in [2.45, 2.75) is 13.0 Å². The maximum absolute atomic E-state index is 6.24. The fraction of sp³-hybridized carbons (Fsp3) is 0.231. The first-order chi connectivity index (χ1) is 8.63. The highest BCUT2D eigenvalue weighted by Crippen LogP contribution is 2.27. The number of nitrogens with two attached hydrogens (primary N) is 1. The number of benzene rings is 1. The van der Waals surface area contributed by atoms with E-state index in [4.69, 9.17) is 10.5 Å². The van der Waals surface area contributed by atoms with Crippen LogP contribution < -0.4 is 10.5 Å². The lowest BCUT2D eigenvalue weighted by atomic mass is 9.98. The molecule has 1 aromatic heterocycles. The molecule has 0 saturated carbocycles. The highest BCUT2D eigenvalue weighted by atomic mass is 79.9. The summed E-state index contributed by atoms with van der Waals surface area (Å²) in [5.41, 5.74) is 9.27. The second-order valence-electron chi connectivity index (χ2n) is 3.93. The van der Waals surface area contributed by atoms with E-state index in [1.54, 1.807) is 12.4 Å². The molecular weight excluding hydrogens is 294 g/mol. The standard InChI is InChI=1S/C13H14BrN3O/c1-8-10(4-3-5-11(8)14)12(15)9-6-16-13(18-2)17-7-9/h3-7,12H,15H2,1-2H3. The third-order valence-electron chi connectivity index (χ3n) is 2.83. The first-order valence-corrected chi connectivity index (χ1v) is 6.29. The number of nitrogens with zero attached hydrogens (tertiary/aromatic N) is 2. The molecule has 1 unspecified atom stereocenters. The number of hydrogen-bond acceptors (Lipinski definition) is 4. The van der Waals surface area contributed by atoms with Crippen LogP contribution in [-0.4, -0.2) is 17.1 Å². The number of aromatic nitrogens is 2. The smallest absolute Gasteiger partial charge is 0.316 e. The molecule has 1 heterocycles. The molecule has 0 aliphatic heterocycles. The quantitative estimate of drug-likeness (QED) is 0.947. The van der Waals surface area contributed by atoms with Crippen LogP contribution in [0.3, 0.4) is 0 Å². The summed E-state index contributed by atoms with van der Waals surface area (Å²) in [5, 5.41) is 0. The second-order valence-corrected chi connectivity index (χ2v) is 4.79. The van der Waals surface area contributed by atoms with Crippen molar-refractivity contribution in [2.75, 3.05) is 7.11 Å². The molecule has 1 atom stereocenters. The Bertz CT molecular complexity index is 542. The van der Waals surface area contributed by atoms with Gasteiger partial charge >= 0.3 is 6.01 Å². The molecule has 2 rings (SSSR count). The van der Waals surface area contributed by atoms with Crippen molar-refractivity contribution in [1.29, 1.82) is 0 Å². The minimum Gasteiger partial charge on any atom is -0.467 e. The average Bonchev–Trinajstić information content (AvgIpc) is 2.41. The summed E-state index contributed by atoms with van der Waals surface area (Å²) in [6.07, 6.45) is 3.38. The molecule has 0 radical (unpaired) electrons. The van der Waals surface area contributed by atoms with Gasteiger partial charge in [-0.25, -0.2) is 9.97 Å². The van der Waals surface area contributed by atoms with Crippen molar-refractivity contribution in [3.05, 3.63) is 51.8 Å². The Kier molecular flexibility index (Phi) is 3.93. The Morgan fingerprint density at radius 3 is 2.56 bits per heavy atom. The summed E-state index contributed by atoms with van der Waals surface area (Å²) < 4.78 is 5.97. The second kappa shape index (κ2) is 5.46. The van der Waals surface area contributed by atoms with Crippen LogP contribution in [0.25, 0.3) is 0 Å². The molecule has 4 nitrogen and oxygen atoms in total. The normalized spacial score (nSPS) is 12.2. The fourth-order valence-electron chi connectivity index (χ4n) is 1.73. The first-order valence-electron chi connectivity index (χ1n) is 5.50. The van der Waals surface area contributed by atoms with Crippen LogP contribution in [0.2, 0.25) is 0 Å². The van der Waals surface area contributed by atoms with E-state index in [2.05, 4.69) is 25.9 Å². The van der Waals surface area contributed by atoms with Gasteiger partial charge in [-0.2, -0.15) is 0 Å². The summed E-state index contributed by atoms with van der Waals surface area (Å²) in [4.78, 5) is 8.14. The molecule has 94 valence electrons. The monoisotopic (exact) mass is 307 g/mol. The van der Waals surface area contributed by atoms with Gasteiger partial charge in [0, 0.05) is 22.4 Å². The van der Waals surface area contributed by atoms with Crippen LogP contribution in [0.5, 0.6) is 6.01 Å². The maximum Gasteiger partial charge on any atom is 0.316 e. The number of halogens is 1. The zero-order chi connectivity index (χ0) is 13.1. The molecule has 0 aliphatic rings. The van der Waals surface area contributed by atoms with Crippen molar-refractivity contribution in [3.63, 3.8) is 0 Å². The summed E-state index contributed by atoms with van der Waals surface area (Å²) in [6.45, 7) is 2.03. The lowest BCUT2D eigenvalue weighted by molar-refractivity contribution is 0.379. The van der Waals surface area contributed by atoms with E-state index in [1.165, 1.54) is 7.11 Å². The van der Waals surface area contributed by atoms with Gasteiger partial charge < -0.3 is 10.5 Å². The lowest BCUT2D eigenvalue weighted by Crippen LogP contribution is -2.14. The Labute approximate surface area is 114 Å². The summed E-state index contributed by atoms with van der Waals surface area (Å²) in [6, 6.07) is 6.08. The third-order valence-corrected chi connectivity index (χ3v) is 3.69. The van der Waals surface area contributed by atoms with Crippen LogP contribution in [0.4, 0.5) is 0 Å². The summed E-state index contributed by atoms with van der Waals surface area (Å²) in [5.74, 6) is 0. The van der Waals surface area contributed by atoms with Crippen LogP contribution in [0.15, 0.2) is 35.1 Å². The Balaban J connectivity index is 2.35. The van der Waals surface area contributed by atoms with E-state index in [-0.39, 0.29) is 6.04 Å². The van der Waals surface area contributed by atoms with E-state index in [0.29, 0.717) is 6.01 Å². The molecule has 2 aromatic rings. The molecule has 5 heteroatoms. The molecule has 2 N–H and O–H groups in total. The minimum atomic E-state index is -0.242. The van der Waals surface area contributed by atoms with E-state index in [1.807, 2.05) is 25.1 Å². The molecule has 0 bridgehead atoms. The third kappa shape index (κ3) is 2.52. The summed E-state index contributed by atoms with van der Waals surface area (Å²) >= 11 is 3.50. The minimum absolute atomic E-state index is 0.242. The lowest BCUT2D eigenvalue weighted by Gasteiger charge is -2.15. The zero-order valence-electron chi connectivity index (χ0n) is 10.2. The van der Waals surface area contributed by atoms with Gasteiger partial charge in [0.05, 0.1) is 13.2 Å². The number of hydrogen-bond donors (Lipinski definition) is 1. The zero-order valence-corrected chi connectivity index (χ0v) is 11.8. The average molecular weight is 308 g/mol. The topological polar surface area (TPSA) is 61.0 Å². The van der Waals surface area contributed by atoms with Crippen LogP contribution >= 0.6 is 15.9 Å². The first kappa shape index (κ1) is 13.0. The highest BCUT2D eigenvalue weighted by Gasteiger charge is 2.13. The molecule has 0 saturated heterocycles. The predicted molar refractivity (Wildman–Crippen MR) is 73.5 cm³/mol. The van der Waals surface area contributed by atoms with Gasteiger partial charge in [-0.05, 0) is 24.1 Å². The highest BCUT2D eigenvalue weighted by molar-refractivity contribution is 9.10. The van der Waals surface area contributed by atoms with Crippen LogP contribution in [-0.2, 0) is 0 Å². The van der Waals surface area contributed by atoms with Crippen molar-refractivity contribution in [3.8, 4) is 6.01 Å². The van der Waals surface area contributed by atoms with E-state index in [9.17, 15) is 0 Å². The van der Waals surface area contributed by atoms with Crippen molar-refractivity contribution >= 4 is 15.9 Å². The van der Waals surface area contributed by atoms with E-state index in [0.717, 1.165) is 21.2 Å². The van der Waals surface area contributed by atoms with Crippen LogP contribution in [0.1, 0.15) is 22.7 Å². The number of rotatable bonds is 3. The van der Waals surface area contributed by atoms with Gasteiger partial charge in [0.2, 0.25) is 0 Å². The SMILES string of the molecule is COc1ncc(C(N)c2cccc(Br)c2C)cn1. The van der Waals surface area contributed by atoms with Gasteiger partial charge in [-0.15, -0.1) is 0 Å². The fourth-order valence-corrected chi connectivity index (χ4v) is 2.11. The van der Waals surface area contributed by atoms with Crippen molar-refractivity contribution in [2.24, 2.45) is 5.73 Å². The van der Waals surface area contributed by atoms with Crippen molar-refractivity contribution in [1.82, 2.24) is 9.97 Å². The van der Waals surface area contributed by atoms with E-state index >= 15 is 0 Å². The molecule has 1 aromatic carbocycles. The van der Waals surface area contributed by atoms with E-state index < -0.39 is 0 Å². The van der Waals surface area contributed by atoms with Gasteiger partial charge in [0.15, 0.2) is 0 Å². The van der Waals surface area contributed by atoms with Crippen molar-refractivity contribution < 1.29 is 4.74 Å². The predicted octanol–water partition coefficient (Wildman–Crippen LogP) is 2.60.